The molecule has 1 N–H and O–H groups in total. The lowest BCUT2D eigenvalue weighted by Gasteiger charge is -2.27. The first kappa shape index (κ1) is 27.7. The van der Waals surface area contributed by atoms with Crippen LogP contribution in [0.4, 0.5) is 10.3 Å². The van der Waals surface area contributed by atoms with E-state index < -0.39 is 0 Å². The van der Waals surface area contributed by atoms with Crippen molar-refractivity contribution >= 4 is 5.95 Å². The number of nitrogens with zero attached hydrogens (tertiary/aromatic N) is 5. The van der Waals surface area contributed by atoms with Gasteiger partial charge in [-0.25, -0.2) is 19.3 Å². The van der Waals surface area contributed by atoms with E-state index in [9.17, 15) is 4.39 Å². The van der Waals surface area contributed by atoms with E-state index in [0.717, 1.165) is 79.7 Å². The second kappa shape index (κ2) is 13.0. The minimum absolute atomic E-state index is 0.198. The van der Waals surface area contributed by atoms with Crippen LogP contribution < -0.4 is 10.1 Å². The number of halogens is 1. The zero-order valence-corrected chi connectivity index (χ0v) is 23.4. The molecule has 40 heavy (non-hydrogen) atoms. The highest BCUT2D eigenvalue weighted by atomic mass is 19.1. The van der Waals surface area contributed by atoms with Gasteiger partial charge in [-0.3, -0.25) is 4.90 Å². The number of anilines is 1. The summed E-state index contributed by atoms with van der Waals surface area (Å²) in [4.78, 5) is 16.8. The van der Waals surface area contributed by atoms with Crippen LogP contribution in [0.1, 0.15) is 37.2 Å². The van der Waals surface area contributed by atoms with E-state index in [0.29, 0.717) is 12.6 Å². The van der Waals surface area contributed by atoms with Gasteiger partial charge in [-0.15, -0.1) is 0 Å². The molecular formula is C31H37FN6O2. The van der Waals surface area contributed by atoms with Gasteiger partial charge in [-0.05, 0) is 60.9 Å². The number of benzene rings is 2. The zero-order chi connectivity index (χ0) is 27.9. The van der Waals surface area contributed by atoms with Crippen molar-refractivity contribution in [2.24, 2.45) is 0 Å². The van der Waals surface area contributed by atoms with Gasteiger partial charge in [0.1, 0.15) is 17.4 Å². The average Bonchev–Trinajstić information content (AvgIpc) is 3.55. The molecule has 0 spiro atoms. The fourth-order valence-corrected chi connectivity index (χ4v) is 5.26. The molecule has 0 radical (unpaired) electrons. The van der Waals surface area contributed by atoms with E-state index in [1.54, 1.807) is 32.5 Å². The number of fused-ring (bicyclic) bond motifs is 1. The summed E-state index contributed by atoms with van der Waals surface area (Å²) in [5.41, 5.74) is 4.65. The molecule has 9 heteroatoms. The molecule has 0 saturated carbocycles. The van der Waals surface area contributed by atoms with E-state index >= 15 is 0 Å². The quantitative estimate of drug-likeness (QED) is 0.234. The Balaban J connectivity index is 1.51. The second-order valence-electron chi connectivity index (χ2n) is 10.1. The Kier molecular flexibility index (Phi) is 9.03. The number of hydrogen-bond acceptors (Lipinski definition) is 7. The molecule has 1 aliphatic heterocycles. The monoisotopic (exact) mass is 544 g/mol. The van der Waals surface area contributed by atoms with E-state index in [4.69, 9.17) is 19.4 Å². The largest absolute Gasteiger partial charge is 0.497 e. The first-order valence-electron chi connectivity index (χ1n) is 13.9. The van der Waals surface area contributed by atoms with Crippen LogP contribution in [0.5, 0.6) is 5.75 Å². The summed E-state index contributed by atoms with van der Waals surface area (Å²) in [5.74, 6) is 2.20. The lowest BCUT2D eigenvalue weighted by Crippen LogP contribution is -2.32. The topological polar surface area (TPSA) is 77.3 Å². The molecule has 2 aromatic heterocycles. The SMILES string of the molecule is CCCNc1nccc(-c2c(-c3ccc(F)cc3)nc3n2[C@H](CN(CCOC)Cc2ccc(OC)cc2)CC3)n1. The van der Waals surface area contributed by atoms with Crippen LogP contribution in [0.2, 0.25) is 0 Å². The molecule has 3 heterocycles. The minimum atomic E-state index is -0.268. The molecule has 0 bridgehead atoms. The Bertz CT molecular complexity index is 1390. The van der Waals surface area contributed by atoms with Crippen molar-refractivity contribution in [3.05, 3.63) is 78.0 Å². The normalized spacial score (nSPS) is 14.5. The van der Waals surface area contributed by atoms with Crippen LogP contribution in [0.15, 0.2) is 60.8 Å². The third kappa shape index (κ3) is 6.32. The van der Waals surface area contributed by atoms with Gasteiger partial charge in [0.15, 0.2) is 0 Å². The zero-order valence-electron chi connectivity index (χ0n) is 23.4. The summed E-state index contributed by atoms with van der Waals surface area (Å²) >= 11 is 0. The van der Waals surface area contributed by atoms with Crippen LogP contribution in [-0.4, -0.2) is 64.9 Å². The summed E-state index contributed by atoms with van der Waals surface area (Å²) in [6.45, 7) is 5.99. The van der Waals surface area contributed by atoms with Crippen molar-refractivity contribution in [3.8, 4) is 28.4 Å². The molecule has 210 valence electrons. The van der Waals surface area contributed by atoms with Crippen molar-refractivity contribution in [1.82, 2.24) is 24.4 Å². The van der Waals surface area contributed by atoms with Gasteiger partial charge in [0.05, 0.1) is 30.8 Å². The third-order valence-corrected chi connectivity index (χ3v) is 7.25. The highest BCUT2D eigenvalue weighted by Crippen LogP contribution is 2.39. The molecule has 8 nitrogen and oxygen atoms in total. The Hall–Kier alpha value is -3.82. The van der Waals surface area contributed by atoms with Crippen molar-refractivity contribution < 1.29 is 13.9 Å². The molecule has 1 atom stereocenters. The molecular weight excluding hydrogens is 507 g/mol. The van der Waals surface area contributed by atoms with Crippen molar-refractivity contribution in [1.29, 1.82) is 0 Å². The van der Waals surface area contributed by atoms with Crippen molar-refractivity contribution in [3.63, 3.8) is 0 Å². The Morgan fingerprint density at radius 3 is 2.58 bits per heavy atom. The van der Waals surface area contributed by atoms with Crippen LogP contribution in [0.25, 0.3) is 22.6 Å². The maximum atomic E-state index is 13.8. The first-order chi connectivity index (χ1) is 19.6. The molecule has 4 aromatic rings. The summed E-state index contributed by atoms with van der Waals surface area (Å²) < 4.78 is 26.9. The maximum absolute atomic E-state index is 13.8. The molecule has 1 aliphatic rings. The highest BCUT2D eigenvalue weighted by Gasteiger charge is 2.32. The Morgan fingerprint density at radius 1 is 1.05 bits per heavy atom. The van der Waals surface area contributed by atoms with Gasteiger partial charge < -0.3 is 19.4 Å². The number of ether oxygens (including phenoxy) is 2. The maximum Gasteiger partial charge on any atom is 0.223 e. The second-order valence-corrected chi connectivity index (χ2v) is 10.1. The number of rotatable bonds is 13. The van der Waals surface area contributed by atoms with Crippen molar-refractivity contribution in [2.75, 3.05) is 45.8 Å². The average molecular weight is 545 g/mol. The molecule has 0 unspecified atom stereocenters. The Labute approximate surface area is 235 Å². The summed E-state index contributed by atoms with van der Waals surface area (Å²) in [5, 5.41) is 3.30. The molecule has 0 fully saturated rings. The minimum Gasteiger partial charge on any atom is -0.497 e. The standard InChI is InChI=1S/C31H37FN6O2/c1-4-16-33-31-34-17-15-27(35-31)30-29(23-7-9-24(32)10-8-23)36-28-14-11-25(38(28)30)21-37(18-19-39-2)20-22-5-12-26(40-3)13-6-22/h5-10,12-13,15,17,25H,4,11,14,16,18-21H2,1-3H3,(H,33,34,35)/t25-/m0/s1. The van der Waals surface area contributed by atoms with Gasteiger partial charge in [0.2, 0.25) is 5.95 Å². The predicted molar refractivity (Wildman–Crippen MR) is 155 cm³/mol. The van der Waals surface area contributed by atoms with E-state index in [1.807, 2.05) is 18.2 Å². The first-order valence-corrected chi connectivity index (χ1v) is 13.9. The summed E-state index contributed by atoms with van der Waals surface area (Å²) in [6.07, 6.45) is 4.61. The van der Waals surface area contributed by atoms with Gasteiger partial charge >= 0.3 is 0 Å². The fraction of sp³-hybridized carbons (Fsp3) is 0.387. The van der Waals surface area contributed by atoms with Gasteiger partial charge in [-0.2, -0.15) is 0 Å². The third-order valence-electron chi connectivity index (χ3n) is 7.25. The Morgan fingerprint density at radius 2 is 1.85 bits per heavy atom. The number of imidazole rings is 1. The summed E-state index contributed by atoms with van der Waals surface area (Å²) in [6, 6.07) is 16.9. The van der Waals surface area contributed by atoms with Gasteiger partial charge in [0, 0.05) is 57.5 Å². The predicted octanol–water partition coefficient (Wildman–Crippen LogP) is 5.61. The van der Waals surface area contributed by atoms with Gasteiger partial charge in [0.25, 0.3) is 0 Å². The van der Waals surface area contributed by atoms with Crippen LogP contribution in [0, 0.1) is 5.82 Å². The highest BCUT2D eigenvalue weighted by molar-refractivity contribution is 5.78. The fourth-order valence-electron chi connectivity index (χ4n) is 5.26. The smallest absolute Gasteiger partial charge is 0.223 e. The van der Waals surface area contributed by atoms with Crippen LogP contribution >= 0.6 is 0 Å². The molecule has 2 aromatic carbocycles. The molecule has 0 saturated heterocycles. The molecule has 0 amide bonds. The van der Waals surface area contributed by atoms with Crippen LogP contribution in [-0.2, 0) is 17.7 Å². The van der Waals surface area contributed by atoms with E-state index in [1.165, 1.54) is 17.7 Å². The van der Waals surface area contributed by atoms with Crippen molar-refractivity contribution in [2.45, 2.75) is 38.8 Å². The van der Waals surface area contributed by atoms with E-state index in [-0.39, 0.29) is 11.9 Å². The number of hydrogen-bond donors (Lipinski definition) is 1. The summed E-state index contributed by atoms with van der Waals surface area (Å²) in [7, 11) is 3.42. The number of aryl methyl sites for hydroxylation is 1. The lowest BCUT2D eigenvalue weighted by atomic mass is 10.1. The molecule has 5 rings (SSSR count). The van der Waals surface area contributed by atoms with Crippen LogP contribution in [0.3, 0.4) is 0 Å². The lowest BCUT2D eigenvalue weighted by molar-refractivity contribution is 0.134. The number of nitrogens with one attached hydrogen (secondary N) is 1. The number of methoxy groups -OCH3 is 2. The molecule has 0 aliphatic carbocycles. The number of aromatic nitrogens is 4. The van der Waals surface area contributed by atoms with E-state index in [2.05, 4.69) is 38.8 Å². The van der Waals surface area contributed by atoms with Gasteiger partial charge in [-0.1, -0.05) is 19.1 Å².